The first kappa shape index (κ1) is 14.1. The van der Waals surface area contributed by atoms with Gasteiger partial charge in [0, 0.05) is 0 Å². The van der Waals surface area contributed by atoms with E-state index in [9.17, 15) is 13.2 Å². The number of epoxide rings is 1. The fourth-order valence-corrected chi connectivity index (χ4v) is 1.65. The monoisotopic (exact) mass is 276 g/mol. The molecule has 0 unspecified atom stereocenters. The Bertz CT molecular complexity index is 399. The first-order valence-electron chi connectivity index (χ1n) is 6.03. The Labute approximate surface area is 109 Å². The van der Waals surface area contributed by atoms with Gasteiger partial charge in [-0.15, -0.1) is 0 Å². The zero-order valence-electron chi connectivity index (χ0n) is 10.4. The lowest BCUT2D eigenvalue weighted by Gasteiger charge is -2.21. The predicted octanol–water partition coefficient (Wildman–Crippen LogP) is 3.10. The Morgan fingerprint density at radius 1 is 1.32 bits per heavy atom. The summed E-state index contributed by atoms with van der Waals surface area (Å²) in [5, 5.41) is 0. The maximum Gasteiger partial charge on any atom is 0.418 e. The molecule has 0 aromatic heterocycles. The molecule has 6 heteroatoms. The second-order valence-electron chi connectivity index (χ2n) is 4.21. The van der Waals surface area contributed by atoms with Gasteiger partial charge in [-0.05, 0) is 24.6 Å². The highest BCUT2D eigenvalue weighted by molar-refractivity contribution is 5.29. The summed E-state index contributed by atoms with van der Waals surface area (Å²) in [6, 6.07) is 5.76. The minimum atomic E-state index is -4.44. The number of ether oxygens (including phenoxy) is 3. The smallest absolute Gasteiger partial charge is 0.418 e. The van der Waals surface area contributed by atoms with Crippen molar-refractivity contribution in [3.63, 3.8) is 0 Å². The summed E-state index contributed by atoms with van der Waals surface area (Å²) in [6.45, 7) is 2.70. The van der Waals surface area contributed by atoms with Crippen LogP contribution >= 0.6 is 0 Å². The van der Waals surface area contributed by atoms with Gasteiger partial charge in [0.05, 0.1) is 19.8 Å². The largest absolute Gasteiger partial charge is 0.494 e. The van der Waals surface area contributed by atoms with Crippen molar-refractivity contribution >= 4 is 0 Å². The summed E-state index contributed by atoms with van der Waals surface area (Å²) in [5.74, 6) is 0.540. The molecule has 0 amide bonds. The number of alkyl halides is 3. The Morgan fingerprint density at radius 3 is 2.42 bits per heavy atom. The maximum absolute atomic E-state index is 12.9. The molecule has 19 heavy (non-hydrogen) atoms. The SMILES string of the molecule is CCOc1ccc([C@H](OC[C@H]2CO2)C(F)(F)F)cc1. The van der Waals surface area contributed by atoms with Crippen molar-refractivity contribution in [2.75, 3.05) is 19.8 Å². The molecule has 3 nitrogen and oxygen atoms in total. The van der Waals surface area contributed by atoms with Crippen molar-refractivity contribution < 1.29 is 27.4 Å². The molecular formula is C13H15F3O3. The van der Waals surface area contributed by atoms with Crippen LogP contribution in [-0.2, 0) is 9.47 Å². The summed E-state index contributed by atoms with van der Waals surface area (Å²) in [4.78, 5) is 0. The topological polar surface area (TPSA) is 31.0 Å². The third-order valence-corrected chi connectivity index (χ3v) is 2.64. The summed E-state index contributed by atoms with van der Waals surface area (Å²) < 4.78 is 53.7. The molecule has 2 rings (SSSR count). The number of rotatable bonds is 6. The normalized spacial score (nSPS) is 20.1. The van der Waals surface area contributed by atoms with Crippen LogP contribution in [0, 0.1) is 0 Å². The van der Waals surface area contributed by atoms with Crippen LogP contribution < -0.4 is 4.74 Å². The number of benzene rings is 1. The standard InChI is InChI=1S/C13H15F3O3/c1-2-17-10-5-3-9(4-6-10)12(13(14,15)16)19-8-11-7-18-11/h3-6,11-12H,2,7-8H2,1H3/t11-,12+/m1/s1. The lowest BCUT2D eigenvalue weighted by atomic mass is 10.1. The molecule has 1 saturated heterocycles. The highest BCUT2D eigenvalue weighted by Crippen LogP contribution is 2.37. The molecule has 1 aromatic carbocycles. The second-order valence-corrected chi connectivity index (χ2v) is 4.21. The first-order chi connectivity index (χ1) is 9.00. The summed E-state index contributed by atoms with van der Waals surface area (Å²) in [5.41, 5.74) is 0.0663. The van der Waals surface area contributed by atoms with Crippen molar-refractivity contribution in [2.45, 2.75) is 25.3 Å². The van der Waals surface area contributed by atoms with Crippen molar-refractivity contribution in [2.24, 2.45) is 0 Å². The van der Waals surface area contributed by atoms with E-state index < -0.39 is 12.3 Å². The molecule has 0 N–H and O–H groups in total. The Balaban J connectivity index is 2.07. The first-order valence-corrected chi connectivity index (χ1v) is 6.03. The molecular weight excluding hydrogens is 261 g/mol. The van der Waals surface area contributed by atoms with Gasteiger partial charge in [0.2, 0.25) is 0 Å². The van der Waals surface area contributed by atoms with Crippen LogP contribution in [0.2, 0.25) is 0 Å². The van der Waals surface area contributed by atoms with Gasteiger partial charge in [0.1, 0.15) is 11.9 Å². The van der Waals surface area contributed by atoms with Crippen LogP contribution in [0.15, 0.2) is 24.3 Å². The summed E-state index contributed by atoms with van der Waals surface area (Å²) >= 11 is 0. The predicted molar refractivity (Wildman–Crippen MR) is 62.1 cm³/mol. The molecule has 1 aromatic rings. The third kappa shape index (κ3) is 4.11. The highest BCUT2D eigenvalue weighted by Gasteiger charge is 2.43. The van der Waals surface area contributed by atoms with E-state index in [0.29, 0.717) is 19.0 Å². The van der Waals surface area contributed by atoms with Crippen molar-refractivity contribution in [3.05, 3.63) is 29.8 Å². The van der Waals surface area contributed by atoms with E-state index in [-0.39, 0.29) is 18.3 Å². The van der Waals surface area contributed by atoms with E-state index in [2.05, 4.69) is 0 Å². The van der Waals surface area contributed by atoms with Gasteiger partial charge < -0.3 is 14.2 Å². The lowest BCUT2D eigenvalue weighted by molar-refractivity contribution is -0.224. The van der Waals surface area contributed by atoms with Crippen molar-refractivity contribution in [3.8, 4) is 5.75 Å². The number of hydrogen-bond donors (Lipinski definition) is 0. The van der Waals surface area contributed by atoms with Gasteiger partial charge in [-0.25, -0.2) is 0 Å². The van der Waals surface area contributed by atoms with Gasteiger partial charge >= 0.3 is 6.18 Å². The lowest BCUT2D eigenvalue weighted by Crippen LogP contribution is -2.25. The van der Waals surface area contributed by atoms with Crippen LogP contribution in [0.3, 0.4) is 0 Å². The zero-order chi connectivity index (χ0) is 13.9. The van der Waals surface area contributed by atoms with Crippen LogP contribution in [0.25, 0.3) is 0 Å². The minimum absolute atomic E-state index is 0.0443. The van der Waals surface area contributed by atoms with Gasteiger partial charge in [-0.2, -0.15) is 13.2 Å². The Kier molecular flexibility index (Phi) is 4.31. The highest BCUT2D eigenvalue weighted by atomic mass is 19.4. The fraction of sp³-hybridized carbons (Fsp3) is 0.538. The average Bonchev–Trinajstić information content (AvgIpc) is 3.14. The van der Waals surface area contributed by atoms with E-state index in [1.165, 1.54) is 24.3 Å². The van der Waals surface area contributed by atoms with E-state index in [1.807, 2.05) is 6.92 Å². The van der Waals surface area contributed by atoms with Crippen LogP contribution in [0.5, 0.6) is 5.75 Å². The third-order valence-electron chi connectivity index (χ3n) is 2.64. The van der Waals surface area contributed by atoms with Crippen molar-refractivity contribution in [1.82, 2.24) is 0 Å². The molecule has 0 radical (unpaired) electrons. The van der Waals surface area contributed by atoms with E-state index in [0.717, 1.165) is 0 Å². The molecule has 0 bridgehead atoms. The molecule has 1 aliphatic heterocycles. The minimum Gasteiger partial charge on any atom is -0.494 e. The number of halogens is 3. The maximum atomic E-state index is 12.9. The Morgan fingerprint density at radius 2 is 1.95 bits per heavy atom. The molecule has 1 aliphatic rings. The van der Waals surface area contributed by atoms with E-state index >= 15 is 0 Å². The fourth-order valence-electron chi connectivity index (χ4n) is 1.65. The van der Waals surface area contributed by atoms with Gasteiger partial charge in [0.25, 0.3) is 0 Å². The Hall–Kier alpha value is -1.27. The van der Waals surface area contributed by atoms with E-state index in [1.54, 1.807) is 0 Å². The van der Waals surface area contributed by atoms with Crippen LogP contribution in [0.1, 0.15) is 18.6 Å². The molecule has 2 atom stereocenters. The van der Waals surface area contributed by atoms with Gasteiger partial charge in [-0.1, -0.05) is 12.1 Å². The van der Waals surface area contributed by atoms with Gasteiger partial charge in [0.15, 0.2) is 6.10 Å². The van der Waals surface area contributed by atoms with Crippen LogP contribution in [-0.4, -0.2) is 32.1 Å². The summed E-state index contributed by atoms with van der Waals surface area (Å²) in [6.07, 6.45) is -6.57. The molecule has 0 aliphatic carbocycles. The van der Waals surface area contributed by atoms with Crippen molar-refractivity contribution in [1.29, 1.82) is 0 Å². The van der Waals surface area contributed by atoms with Gasteiger partial charge in [-0.3, -0.25) is 0 Å². The molecule has 0 saturated carbocycles. The molecule has 1 heterocycles. The average molecular weight is 276 g/mol. The molecule has 1 fully saturated rings. The molecule has 106 valence electrons. The number of hydrogen-bond acceptors (Lipinski definition) is 3. The van der Waals surface area contributed by atoms with E-state index in [4.69, 9.17) is 14.2 Å². The summed E-state index contributed by atoms with van der Waals surface area (Å²) in [7, 11) is 0. The second kappa shape index (κ2) is 5.79. The molecule has 0 spiro atoms. The zero-order valence-corrected chi connectivity index (χ0v) is 10.4. The quantitative estimate of drug-likeness (QED) is 0.748. The van der Waals surface area contributed by atoms with Crippen LogP contribution in [0.4, 0.5) is 13.2 Å².